The molecule has 1 N–H and O–H groups in total. The van der Waals surface area contributed by atoms with E-state index in [-0.39, 0.29) is 4.90 Å². The Balaban J connectivity index is 1.67. The zero-order valence-electron chi connectivity index (χ0n) is 16.7. The Bertz CT molecular complexity index is 1200. The number of sulfonamides is 1. The maximum Gasteiger partial charge on any atom is 0.263 e. The van der Waals surface area contributed by atoms with E-state index in [0.29, 0.717) is 5.82 Å². The number of para-hydroxylation sites is 1. The standard InChI is InChI=1S/C23H23N3O2S2/c1-2-3-8-18-12-14-20(15-13-18)30(27,28)25-23-17-21(22-11-7-16-29-22)24-26(23)19-9-5-4-6-10-19/h4-7,9-17,25H,2-3,8H2,1H3. The van der Waals surface area contributed by atoms with E-state index in [0.717, 1.165) is 41.1 Å². The summed E-state index contributed by atoms with van der Waals surface area (Å²) in [6.45, 7) is 2.14. The fourth-order valence-electron chi connectivity index (χ4n) is 3.18. The number of nitrogens with one attached hydrogen (secondary N) is 1. The van der Waals surface area contributed by atoms with Crippen molar-refractivity contribution in [1.29, 1.82) is 0 Å². The van der Waals surface area contributed by atoms with Gasteiger partial charge in [-0.1, -0.05) is 49.7 Å². The summed E-state index contributed by atoms with van der Waals surface area (Å²) >= 11 is 1.56. The first-order chi connectivity index (χ1) is 14.6. The summed E-state index contributed by atoms with van der Waals surface area (Å²) < 4.78 is 30.5. The minimum atomic E-state index is -3.74. The van der Waals surface area contributed by atoms with Gasteiger partial charge in [0, 0.05) is 6.07 Å². The van der Waals surface area contributed by atoms with Crippen molar-refractivity contribution in [3.05, 3.63) is 83.7 Å². The number of nitrogens with zero attached hydrogens (tertiary/aromatic N) is 2. The van der Waals surface area contributed by atoms with E-state index in [1.807, 2.05) is 60.0 Å². The topological polar surface area (TPSA) is 64.0 Å². The average molecular weight is 438 g/mol. The molecule has 30 heavy (non-hydrogen) atoms. The molecule has 4 aromatic rings. The van der Waals surface area contributed by atoms with Crippen molar-refractivity contribution in [3.63, 3.8) is 0 Å². The second kappa shape index (κ2) is 8.85. The molecule has 154 valence electrons. The first kappa shape index (κ1) is 20.4. The number of anilines is 1. The molecule has 0 saturated heterocycles. The van der Waals surface area contributed by atoms with E-state index in [1.54, 1.807) is 34.2 Å². The fourth-order valence-corrected chi connectivity index (χ4v) is 4.89. The Morgan fingerprint density at radius 1 is 1.00 bits per heavy atom. The van der Waals surface area contributed by atoms with Crippen molar-refractivity contribution in [2.24, 2.45) is 0 Å². The predicted octanol–water partition coefficient (Wildman–Crippen LogP) is 5.74. The summed E-state index contributed by atoms with van der Waals surface area (Å²) in [5.41, 5.74) is 2.65. The van der Waals surface area contributed by atoms with Crippen LogP contribution in [0.2, 0.25) is 0 Å². The molecule has 0 aliphatic heterocycles. The highest BCUT2D eigenvalue weighted by Gasteiger charge is 2.19. The van der Waals surface area contributed by atoms with Gasteiger partial charge in [0.05, 0.1) is 15.5 Å². The van der Waals surface area contributed by atoms with E-state index >= 15 is 0 Å². The van der Waals surface area contributed by atoms with E-state index in [1.165, 1.54) is 0 Å². The molecule has 4 rings (SSSR count). The number of thiophene rings is 1. The van der Waals surface area contributed by atoms with Gasteiger partial charge in [-0.15, -0.1) is 11.3 Å². The molecular formula is C23H23N3O2S2. The Morgan fingerprint density at radius 3 is 2.43 bits per heavy atom. The molecule has 2 aromatic carbocycles. The van der Waals surface area contributed by atoms with E-state index in [9.17, 15) is 8.42 Å². The number of unbranched alkanes of at least 4 members (excludes halogenated alkanes) is 1. The smallest absolute Gasteiger partial charge is 0.263 e. The number of benzene rings is 2. The third-order valence-electron chi connectivity index (χ3n) is 4.78. The van der Waals surface area contributed by atoms with Gasteiger partial charge in [0.15, 0.2) is 0 Å². The van der Waals surface area contributed by atoms with Gasteiger partial charge in [-0.05, 0) is 54.1 Å². The van der Waals surface area contributed by atoms with Gasteiger partial charge < -0.3 is 0 Å². The van der Waals surface area contributed by atoms with Crippen LogP contribution in [0.15, 0.2) is 83.1 Å². The van der Waals surface area contributed by atoms with E-state index in [4.69, 9.17) is 0 Å². The molecule has 0 unspecified atom stereocenters. The zero-order chi connectivity index (χ0) is 21.0. The molecule has 5 nitrogen and oxygen atoms in total. The van der Waals surface area contributed by atoms with Crippen LogP contribution in [-0.2, 0) is 16.4 Å². The van der Waals surface area contributed by atoms with Crippen LogP contribution in [0.1, 0.15) is 25.3 Å². The first-order valence-electron chi connectivity index (χ1n) is 9.88. The molecule has 0 atom stereocenters. The third kappa shape index (κ3) is 4.47. The van der Waals surface area contributed by atoms with Gasteiger partial charge in [0.1, 0.15) is 11.5 Å². The van der Waals surface area contributed by atoms with Gasteiger partial charge in [0.2, 0.25) is 0 Å². The summed E-state index contributed by atoms with van der Waals surface area (Å²) in [5.74, 6) is 0.402. The SMILES string of the molecule is CCCCc1ccc(S(=O)(=O)Nc2cc(-c3cccs3)nn2-c2ccccc2)cc1. The van der Waals surface area contributed by atoms with Gasteiger partial charge in [-0.3, -0.25) is 4.72 Å². The van der Waals surface area contributed by atoms with Gasteiger partial charge in [0.25, 0.3) is 10.0 Å². The molecule has 0 saturated carbocycles. The molecule has 0 spiro atoms. The van der Waals surface area contributed by atoms with Crippen LogP contribution >= 0.6 is 11.3 Å². The highest BCUT2D eigenvalue weighted by atomic mass is 32.2. The second-order valence-electron chi connectivity index (χ2n) is 6.99. The largest absolute Gasteiger partial charge is 0.263 e. The molecule has 7 heteroatoms. The van der Waals surface area contributed by atoms with Crippen LogP contribution in [0.5, 0.6) is 0 Å². The van der Waals surface area contributed by atoms with Crippen LogP contribution in [0.3, 0.4) is 0 Å². The van der Waals surface area contributed by atoms with Crippen LogP contribution in [0.4, 0.5) is 5.82 Å². The Hall–Kier alpha value is -2.90. The zero-order valence-corrected chi connectivity index (χ0v) is 18.3. The van der Waals surface area contributed by atoms with Crippen LogP contribution < -0.4 is 4.72 Å². The summed E-state index contributed by atoms with van der Waals surface area (Å²) in [6.07, 6.45) is 3.15. The first-order valence-corrected chi connectivity index (χ1v) is 12.2. The fraction of sp³-hybridized carbons (Fsp3) is 0.174. The minimum absolute atomic E-state index is 0.237. The summed E-state index contributed by atoms with van der Waals surface area (Å²) in [5, 5.41) is 6.62. The van der Waals surface area contributed by atoms with Crippen molar-refractivity contribution in [2.45, 2.75) is 31.1 Å². The minimum Gasteiger partial charge on any atom is -0.263 e. The lowest BCUT2D eigenvalue weighted by Gasteiger charge is -2.11. The molecular weight excluding hydrogens is 414 g/mol. The van der Waals surface area contributed by atoms with Gasteiger partial charge >= 0.3 is 0 Å². The summed E-state index contributed by atoms with van der Waals surface area (Å²) in [4.78, 5) is 1.21. The molecule has 0 amide bonds. The molecule has 0 bridgehead atoms. The average Bonchev–Trinajstić information content (AvgIpc) is 3.43. The van der Waals surface area contributed by atoms with Gasteiger partial charge in [-0.25, -0.2) is 13.1 Å². The number of hydrogen-bond acceptors (Lipinski definition) is 4. The molecule has 2 aromatic heterocycles. The molecule has 0 fully saturated rings. The van der Waals surface area contributed by atoms with Crippen molar-refractivity contribution in [3.8, 4) is 16.3 Å². The van der Waals surface area contributed by atoms with Crippen LogP contribution in [0, 0.1) is 0 Å². The lowest BCUT2D eigenvalue weighted by Crippen LogP contribution is -2.16. The maximum absolute atomic E-state index is 13.1. The number of rotatable bonds is 8. The lowest BCUT2D eigenvalue weighted by atomic mass is 10.1. The van der Waals surface area contributed by atoms with Gasteiger partial charge in [-0.2, -0.15) is 5.10 Å². The molecule has 0 aliphatic carbocycles. The highest BCUT2D eigenvalue weighted by Crippen LogP contribution is 2.29. The van der Waals surface area contributed by atoms with Crippen LogP contribution in [-0.4, -0.2) is 18.2 Å². The Labute approximate surface area is 181 Å². The van der Waals surface area contributed by atoms with Crippen molar-refractivity contribution in [1.82, 2.24) is 9.78 Å². The summed E-state index contributed by atoms with van der Waals surface area (Å²) in [7, 11) is -3.74. The quantitative estimate of drug-likeness (QED) is 0.382. The normalized spacial score (nSPS) is 11.5. The molecule has 0 radical (unpaired) electrons. The summed E-state index contributed by atoms with van der Waals surface area (Å²) in [6, 6.07) is 22.3. The Kier molecular flexibility index (Phi) is 6.01. The van der Waals surface area contributed by atoms with Crippen molar-refractivity contribution >= 4 is 27.2 Å². The molecule has 0 aliphatic rings. The molecule has 2 heterocycles. The Morgan fingerprint density at radius 2 is 1.77 bits per heavy atom. The number of aromatic nitrogens is 2. The van der Waals surface area contributed by atoms with Crippen LogP contribution in [0.25, 0.3) is 16.3 Å². The van der Waals surface area contributed by atoms with E-state index in [2.05, 4.69) is 16.7 Å². The van der Waals surface area contributed by atoms with Crippen molar-refractivity contribution < 1.29 is 8.42 Å². The van der Waals surface area contributed by atoms with E-state index < -0.39 is 10.0 Å². The number of aryl methyl sites for hydroxylation is 1. The third-order valence-corrected chi connectivity index (χ3v) is 7.04. The monoisotopic (exact) mass is 437 g/mol. The lowest BCUT2D eigenvalue weighted by molar-refractivity contribution is 0.600. The highest BCUT2D eigenvalue weighted by molar-refractivity contribution is 7.92. The predicted molar refractivity (Wildman–Crippen MR) is 123 cm³/mol. The number of hydrogen-bond donors (Lipinski definition) is 1. The second-order valence-corrected chi connectivity index (χ2v) is 9.62. The maximum atomic E-state index is 13.1. The van der Waals surface area contributed by atoms with Crippen molar-refractivity contribution in [2.75, 3.05) is 4.72 Å².